The van der Waals surface area contributed by atoms with E-state index in [0.29, 0.717) is 11.5 Å². The lowest BCUT2D eigenvalue weighted by Gasteiger charge is -2.03. The van der Waals surface area contributed by atoms with Crippen molar-refractivity contribution in [2.75, 3.05) is 0 Å². The molecular formula is C10H9N3O3. The molecule has 6 nitrogen and oxygen atoms in total. The van der Waals surface area contributed by atoms with Gasteiger partial charge in [0, 0.05) is 6.92 Å². The Hall–Kier alpha value is -2.37. The zero-order chi connectivity index (χ0) is 11.7. The van der Waals surface area contributed by atoms with E-state index in [9.17, 15) is 15.2 Å². The highest BCUT2D eigenvalue weighted by atomic mass is 16.6. The Bertz CT molecular complexity index is 548. The Morgan fingerprint density at radius 2 is 2.12 bits per heavy atom. The standard InChI is InChI=1S/C10H9N3O3/c1-7-11-10(13(15)16)6-12(7)8-4-2-3-5-9(8)14/h2-6,14H,1H3. The molecule has 0 spiro atoms. The van der Waals surface area contributed by atoms with Gasteiger partial charge in [-0.05, 0) is 22.0 Å². The van der Waals surface area contributed by atoms with E-state index in [4.69, 9.17) is 0 Å². The summed E-state index contributed by atoms with van der Waals surface area (Å²) in [6.45, 7) is 1.64. The second-order valence-electron chi connectivity index (χ2n) is 3.26. The molecule has 0 fully saturated rings. The average Bonchev–Trinajstić information content (AvgIpc) is 2.61. The SMILES string of the molecule is Cc1nc([N+](=O)[O-])cn1-c1ccccc1O. The molecule has 1 N–H and O–H groups in total. The molecular weight excluding hydrogens is 210 g/mol. The van der Waals surface area contributed by atoms with Gasteiger partial charge in [-0.15, -0.1) is 0 Å². The van der Waals surface area contributed by atoms with Crippen LogP contribution in [0.25, 0.3) is 5.69 Å². The number of rotatable bonds is 2. The summed E-state index contributed by atoms with van der Waals surface area (Å²) in [5, 5.41) is 20.2. The summed E-state index contributed by atoms with van der Waals surface area (Å²) in [4.78, 5) is 13.8. The van der Waals surface area contributed by atoms with Crippen molar-refractivity contribution in [2.45, 2.75) is 6.92 Å². The van der Waals surface area contributed by atoms with Crippen molar-refractivity contribution in [3.05, 3.63) is 46.4 Å². The molecule has 1 aromatic carbocycles. The zero-order valence-corrected chi connectivity index (χ0v) is 8.49. The van der Waals surface area contributed by atoms with E-state index in [1.165, 1.54) is 16.8 Å². The lowest BCUT2D eigenvalue weighted by Crippen LogP contribution is -1.95. The minimum absolute atomic E-state index is 0.0536. The van der Waals surface area contributed by atoms with Crippen LogP contribution in [-0.2, 0) is 0 Å². The number of imidazole rings is 1. The third-order valence-corrected chi connectivity index (χ3v) is 2.20. The predicted octanol–water partition coefficient (Wildman–Crippen LogP) is 1.79. The number of aryl methyl sites for hydroxylation is 1. The summed E-state index contributed by atoms with van der Waals surface area (Å²) in [5.74, 6) is 0.270. The van der Waals surface area contributed by atoms with E-state index >= 15 is 0 Å². The van der Waals surface area contributed by atoms with E-state index < -0.39 is 4.92 Å². The lowest BCUT2D eigenvalue weighted by molar-refractivity contribution is -0.389. The number of aromatic hydroxyl groups is 1. The number of hydrogen-bond donors (Lipinski definition) is 1. The third kappa shape index (κ3) is 1.60. The number of phenolic OH excluding ortho intramolecular Hbond substituents is 1. The fourth-order valence-electron chi connectivity index (χ4n) is 1.46. The summed E-state index contributed by atoms with van der Waals surface area (Å²) >= 11 is 0. The maximum absolute atomic E-state index is 10.5. The summed E-state index contributed by atoms with van der Waals surface area (Å²) < 4.78 is 1.48. The van der Waals surface area contributed by atoms with Gasteiger partial charge in [0.15, 0.2) is 0 Å². The molecule has 0 amide bonds. The first-order chi connectivity index (χ1) is 7.59. The van der Waals surface area contributed by atoms with Crippen LogP contribution in [0, 0.1) is 17.0 Å². The minimum atomic E-state index is -0.566. The molecule has 0 saturated carbocycles. The number of para-hydroxylation sites is 2. The van der Waals surface area contributed by atoms with Gasteiger partial charge in [0.1, 0.15) is 11.9 Å². The van der Waals surface area contributed by atoms with Gasteiger partial charge in [0.05, 0.1) is 5.69 Å². The van der Waals surface area contributed by atoms with E-state index in [0.717, 1.165) is 0 Å². The van der Waals surface area contributed by atoms with Gasteiger partial charge in [-0.2, -0.15) is 0 Å². The predicted molar refractivity (Wildman–Crippen MR) is 56.6 cm³/mol. The van der Waals surface area contributed by atoms with Crippen LogP contribution in [0.3, 0.4) is 0 Å². The summed E-state index contributed by atoms with van der Waals surface area (Å²) in [7, 11) is 0. The highest BCUT2D eigenvalue weighted by Gasteiger charge is 2.17. The van der Waals surface area contributed by atoms with Crippen molar-refractivity contribution in [2.24, 2.45) is 0 Å². The molecule has 16 heavy (non-hydrogen) atoms. The van der Waals surface area contributed by atoms with Crippen LogP contribution in [0.5, 0.6) is 5.75 Å². The fraction of sp³-hybridized carbons (Fsp3) is 0.100. The van der Waals surface area contributed by atoms with Crippen LogP contribution in [0.15, 0.2) is 30.5 Å². The molecule has 0 bridgehead atoms. The molecule has 0 saturated heterocycles. The van der Waals surface area contributed by atoms with Gasteiger partial charge in [0.25, 0.3) is 0 Å². The number of aromatic nitrogens is 2. The Morgan fingerprint density at radius 1 is 1.44 bits per heavy atom. The number of nitro groups is 1. The molecule has 0 aliphatic heterocycles. The molecule has 2 rings (SSSR count). The van der Waals surface area contributed by atoms with Gasteiger partial charge >= 0.3 is 5.82 Å². The van der Waals surface area contributed by atoms with Crippen molar-refractivity contribution >= 4 is 5.82 Å². The van der Waals surface area contributed by atoms with Gasteiger partial charge in [0.2, 0.25) is 5.82 Å². The van der Waals surface area contributed by atoms with Crippen molar-refractivity contribution in [1.82, 2.24) is 9.55 Å². The van der Waals surface area contributed by atoms with E-state index in [1.54, 1.807) is 25.1 Å². The lowest BCUT2D eigenvalue weighted by atomic mass is 10.3. The van der Waals surface area contributed by atoms with E-state index in [-0.39, 0.29) is 11.6 Å². The first-order valence-electron chi connectivity index (χ1n) is 4.58. The van der Waals surface area contributed by atoms with Gasteiger partial charge in [-0.1, -0.05) is 12.1 Å². The van der Waals surface area contributed by atoms with Crippen LogP contribution >= 0.6 is 0 Å². The molecule has 6 heteroatoms. The van der Waals surface area contributed by atoms with Gasteiger partial charge in [-0.25, -0.2) is 0 Å². The zero-order valence-electron chi connectivity index (χ0n) is 8.49. The Labute approximate surface area is 90.9 Å². The van der Waals surface area contributed by atoms with Crippen molar-refractivity contribution in [1.29, 1.82) is 0 Å². The Morgan fingerprint density at radius 3 is 2.69 bits per heavy atom. The Kier molecular flexibility index (Phi) is 2.32. The monoisotopic (exact) mass is 219 g/mol. The molecule has 2 aromatic rings. The van der Waals surface area contributed by atoms with E-state index in [1.807, 2.05) is 0 Å². The first kappa shape index (κ1) is 10.2. The fourth-order valence-corrected chi connectivity index (χ4v) is 1.46. The maximum Gasteiger partial charge on any atom is 0.382 e. The molecule has 0 unspecified atom stereocenters. The molecule has 0 aliphatic rings. The van der Waals surface area contributed by atoms with Crippen LogP contribution in [0.4, 0.5) is 5.82 Å². The van der Waals surface area contributed by atoms with E-state index in [2.05, 4.69) is 4.98 Å². The van der Waals surface area contributed by atoms with Crippen LogP contribution in [0.2, 0.25) is 0 Å². The second-order valence-corrected chi connectivity index (χ2v) is 3.26. The third-order valence-electron chi connectivity index (χ3n) is 2.20. The van der Waals surface area contributed by atoms with Gasteiger partial charge in [-0.3, -0.25) is 4.57 Å². The molecule has 0 aliphatic carbocycles. The topological polar surface area (TPSA) is 81.2 Å². The minimum Gasteiger partial charge on any atom is -0.506 e. The smallest absolute Gasteiger partial charge is 0.382 e. The summed E-state index contributed by atoms with van der Waals surface area (Å²) in [6, 6.07) is 6.59. The van der Waals surface area contributed by atoms with Crippen molar-refractivity contribution in [3.63, 3.8) is 0 Å². The van der Waals surface area contributed by atoms with Crippen molar-refractivity contribution in [3.8, 4) is 11.4 Å². The van der Waals surface area contributed by atoms with Gasteiger partial charge < -0.3 is 15.2 Å². The molecule has 0 radical (unpaired) electrons. The van der Waals surface area contributed by atoms with Crippen LogP contribution < -0.4 is 0 Å². The highest BCUT2D eigenvalue weighted by Crippen LogP contribution is 2.24. The Balaban J connectivity index is 2.57. The highest BCUT2D eigenvalue weighted by molar-refractivity contribution is 5.47. The largest absolute Gasteiger partial charge is 0.506 e. The summed E-state index contributed by atoms with van der Waals surface area (Å²) in [5.41, 5.74) is 0.473. The average molecular weight is 219 g/mol. The summed E-state index contributed by atoms with van der Waals surface area (Å²) in [6.07, 6.45) is 1.28. The quantitative estimate of drug-likeness (QED) is 0.616. The first-order valence-corrected chi connectivity index (χ1v) is 4.58. The molecule has 1 heterocycles. The number of nitrogens with zero attached hydrogens (tertiary/aromatic N) is 3. The number of benzene rings is 1. The van der Waals surface area contributed by atoms with Crippen LogP contribution in [0.1, 0.15) is 5.82 Å². The van der Waals surface area contributed by atoms with Crippen LogP contribution in [-0.4, -0.2) is 19.6 Å². The maximum atomic E-state index is 10.5. The number of hydrogen-bond acceptors (Lipinski definition) is 4. The van der Waals surface area contributed by atoms with Crippen molar-refractivity contribution < 1.29 is 10.0 Å². The molecule has 82 valence electrons. The number of phenols is 1. The normalized spacial score (nSPS) is 10.3. The molecule has 0 atom stereocenters. The molecule has 1 aromatic heterocycles. The second kappa shape index (κ2) is 3.65.